The third kappa shape index (κ3) is 14.1. The van der Waals surface area contributed by atoms with Gasteiger partial charge in [-0.25, -0.2) is 0 Å². The van der Waals surface area contributed by atoms with Crippen molar-refractivity contribution in [1.29, 1.82) is 0 Å². The van der Waals surface area contributed by atoms with Gasteiger partial charge in [0.2, 0.25) is 0 Å². The Hall–Kier alpha value is 0.0800. The summed E-state index contributed by atoms with van der Waals surface area (Å²) < 4.78 is 74.1. The van der Waals surface area contributed by atoms with Gasteiger partial charge < -0.3 is 0 Å². The summed E-state index contributed by atoms with van der Waals surface area (Å²) in [6.45, 7) is 0. The fourth-order valence-electron chi connectivity index (χ4n) is 0.153. The largest absolute Gasteiger partial charge is 0.550 e. The van der Waals surface area contributed by atoms with Gasteiger partial charge >= 0.3 is 11.9 Å². The first-order chi connectivity index (χ1) is 6.71. The highest BCUT2D eigenvalue weighted by Gasteiger charge is 2.32. The van der Waals surface area contributed by atoms with E-state index in [9.17, 15) is 26.3 Å². The topological polar surface area (TPSA) is 49.0 Å². The van der Waals surface area contributed by atoms with E-state index < -0.39 is 23.9 Å². The molecule has 0 aromatic carbocycles. The quantitative estimate of drug-likeness (QED) is 0.200. The summed E-state index contributed by atoms with van der Waals surface area (Å²) in [4.78, 5) is 7.58. The van der Waals surface area contributed by atoms with Crippen LogP contribution < -0.4 is 4.89 Å². The molecule has 0 atom stereocenters. The molecule has 0 unspecified atom stereocenters. The van der Waals surface area contributed by atoms with Gasteiger partial charge in [0.15, 0.2) is 0 Å². The lowest BCUT2D eigenvalue weighted by atomic mass is 11.4. The maximum atomic E-state index is 11.3. The molecule has 0 saturated heterocycles. The molecule has 0 radical (unpaired) electrons. The minimum atomic E-state index is -5.03. The Morgan fingerprint density at radius 3 is 2.00 bits per heavy atom. The summed E-state index contributed by atoms with van der Waals surface area (Å²) in [6.07, 6.45) is -5.03. The molecule has 0 saturated carbocycles. The van der Waals surface area contributed by atoms with Gasteiger partial charge in [0, 0.05) is 0 Å². The molecule has 0 aliphatic carbocycles. The zero-order valence-corrected chi connectivity index (χ0v) is 7.85. The van der Waals surface area contributed by atoms with E-state index in [4.69, 9.17) is 0 Å². The maximum Gasteiger partial charge on any atom is 0.550 e. The third-order valence-corrected chi connectivity index (χ3v) is 0.990. The molecule has 0 aliphatic rings. The molecule has 0 heterocycles. The monoisotopic (exact) mass is 281 g/mol. The molecule has 92 valence electrons. The predicted octanol–water partition coefficient (Wildman–Crippen LogP) is 2.64. The Morgan fingerprint density at radius 1 is 0.933 bits per heavy atom. The highest BCUT2D eigenvalue weighted by molar-refractivity contribution is 7.95. The summed E-state index contributed by atoms with van der Waals surface area (Å²) in [5, 5.41) is 0. The molecule has 0 aliphatic heterocycles. The van der Waals surface area contributed by atoms with E-state index in [-0.39, 0.29) is 12.2 Å². The Morgan fingerprint density at radius 2 is 1.53 bits per heavy atom. The molecule has 0 rings (SSSR count). The highest BCUT2D eigenvalue weighted by Crippen LogP contribution is 2.30. The fraction of sp³-hybridized carbons (Fsp3) is 1.00. The molecule has 0 aromatic heterocycles. The summed E-state index contributed by atoms with van der Waals surface area (Å²) in [5.41, 5.74) is -4.70. The Kier molecular flexibility index (Phi) is 6.65. The van der Waals surface area contributed by atoms with E-state index in [1.807, 2.05) is 0 Å². The van der Waals surface area contributed by atoms with Gasteiger partial charge in [-0.1, -0.05) is 4.89 Å². The number of nitrogens with one attached hydrogen (secondary N) is 1. The van der Waals surface area contributed by atoms with Crippen molar-refractivity contribution in [3.8, 4) is 0 Å². The van der Waals surface area contributed by atoms with Crippen LogP contribution in [0, 0.1) is 0 Å². The van der Waals surface area contributed by atoms with Crippen LogP contribution in [-0.2, 0) is 18.5 Å². The molecular weight excluding hydrogens is 280 g/mol. The number of alkyl halides is 6. The van der Waals surface area contributed by atoms with E-state index in [1.54, 1.807) is 0 Å². The van der Waals surface area contributed by atoms with Gasteiger partial charge in [0.25, 0.3) is 0 Å². The average Bonchev–Trinajstić information content (AvgIpc) is 1.98. The van der Waals surface area contributed by atoms with Crippen molar-refractivity contribution in [2.45, 2.75) is 11.9 Å². The summed E-state index contributed by atoms with van der Waals surface area (Å²) in [7, 11) is 0. The summed E-state index contributed by atoms with van der Waals surface area (Å²) in [5.74, 6) is 0. The number of hydrogen-bond donors (Lipinski definition) is 1. The molecule has 15 heavy (non-hydrogen) atoms. The van der Waals surface area contributed by atoms with Gasteiger partial charge in [0.05, 0.1) is 0 Å². The van der Waals surface area contributed by atoms with Gasteiger partial charge in [-0.2, -0.15) is 13.2 Å². The normalized spacial score (nSPS) is 13.2. The molecule has 0 spiro atoms. The highest BCUT2D eigenvalue weighted by atomic mass is 32.2. The lowest BCUT2D eigenvalue weighted by Crippen LogP contribution is -2.14. The van der Waals surface area contributed by atoms with Crippen molar-refractivity contribution in [2.75, 3.05) is 0 Å². The number of hydrogen-bond acceptors (Lipinski definition) is 7. The molecule has 13 heteroatoms. The Labute approximate surface area is 86.7 Å². The third-order valence-electron chi connectivity index (χ3n) is 0.393. The van der Waals surface area contributed by atoms with E-state index >= 15 is 0 Å². The van der Waals surface area contributed by atoms with Crippen LogP contribution in [0.5, 0.6) is 0 Å². The van der Waals surface area contributed by atoms with Gasteiger partial charge in [-0.05, 0) is 0 Å². The molecule has 5 nitrogen and oxygen atoms in total. The van der Waals surface area contributed by atoms with E-state index in [0.29, 0.717) is 0 Å². The first-order valence-electron chi connectivity index (χ1n) is 2.62. The second kappa shape index (κ2) is 6.62. The molecule has 0 aromatic rings. The first-order valence-corrected chi connectivity index (χ1v) is 4.10. The van der Waals surface area contributed by atoms with Gasteiger partial charge in [-0.3, -0.25) is 0 Å². The van der Waals surface area contributed by atoms with E-state index in [0.717, 1.165) is 0 Å². The maximum absolute atomic E-state index is 11.3. The fourth-order valence-corrected chi connectivity index (χ4v) is 0.542. The van der Waals surface area contributed by atoms with E-state index in [2.05, 4.69) is 18.5 Å². The van der Waals surface area contributed by atoms with Crippen molar-refractivity contribution < 1.29 is 44.9 Å². The van der Waals surface area contributed by atoms with Gasteiger partial charge in [-0.15, -0.1) is 31.7 Å². The van der Waals surface area contributed by atoms with E-state index in [1.165, 1.54) is 4.89 Å². The number of rotatable bonds is 6. The van der Waals surface area contributed by atoms with Crippen LogP contribution in [0.25, 0.3) is 0 Å². The van der Waals surface area contributed by atoms with Crippen LogP contribution in [0.3, 0.4) is 0 Å². The van der Waals surface area contributed by atoms with Crippen LogP contribution in [0.15, 0.2) is 0 Å². The Balaban J connectivity index is 3.20. The van der Waals surface area contributed by atoms with Crippen LogP contribution in [0.4, 0.5) is 26.3 Å². The molecule has 1 N–H and O–H groups in total. The standard InChI is InChI=1S/C2HF6NO4S2/c3-1(4,5)10-12-15-9-11-13-14-2(6,7)8/h9H. The number of halogens is 6. The SMILES string of the molecule is FC(F)(F)OOSNOOSC(F)(F)F. The average molecular weight is 281 g/mol. The second-order valence-corrected chi connectivity index (χ2v) is 2.68. The molecular formula is C2HF6NO4S2. The first kappa shape index (κ1) is 15.1. The van der Waals surface area contributed by atoms with Crippen molar-refractivity contribution in [3.05, 3.63) is 0 Å². The van der Waals surface area contributed by atoms with Crippen LogP contribution in [0.2, 0.25) is 0 Å². The van der Waals surface area contributed by atoms with Crippen LogP contribution >= 0.6 is 24.3 Å². The lowest BCUT2D eigenvalue weighted by molar-refractivity contribution is -0.441. The zero-order chi connectivity index (χ0) is 11.9. The molecule has 0 bridgehead atoms. The summed E-state index contributed by atoms with van der Waals surface area (Å²) >= 11 is -1.31. The Bertz CT molecular complexity index is 155. The zero-order valence-electron chi connectivity index (χ0n) is 6.22. The molecule has 0 amide bonds. The van der Waals surface area contributed by atoms with Crippen molar-refractivity contribution in [1.82, 2.24) is 4.89 Å². The predicted molar refractivity (Wildman–Crippen MR) is 34.8 cm³/mol. The summed E-state index contributed by atoms with van der Waals surface area (Å²) in [6, 6.07) is 0. The smallest absolute Gasteiger partial charge is 0.158 e. The minimum absolute atomic E-state index is 0.289. The van der Waals surface area contributed by atoms with Gasteiger partial charge in [0.1, 0.15) is 24.3 Å². The lowest BCUT2D eigenvalue weighted by Gasteiger charge is -2.05. The van der Waals surface area contributed by atoms with Crippen molar-refractivity contribution in [3.63, 3.8) is 0 Å². The minimum Gasteiger partial charge on any atom is -0.158 e. The van der Waals surface area contributed by atoms with Crippen LogP contribution in [-0.4, -0.2) is 11.9 Å². The molecule has 0 fully saturated rings. The van der Waals surface area contributed by atoms with Crippen molar-refractivity contribution >= 4 is 24.3 Å². The van der Waals surface area contributed by atoms with Crippen molar-refractivity contribution in [2.24, 2.45) is 0 Å². The second-order valence-electron chi connectivity index (χ2n) is 1.44. The van der Waals surface area contributed by atoms with Crippen LogP contribution in [0.1, 0.15) is 0 Å².